The molecule has 0 radical (unpaired) electrons. The van der Waals surface area contributed by atoms with E-state index in [1.165, 1.54) is 0 Å². The van der Waals surface area contributed by atoms with Gasteiger partial charge in [0, 0.05) is 25.7 Å². The number of nitrogens with one attached hydrogen (secondary N) is 1. The van der Waals surface area contributed by atoms with Crippen molar-refractivity contribution >= 4 is 5.91 Å². The predicted octanol–water partition coefficient (Wildman–Crippen LogP) is 0.341. The largest absolute Gasteiger partial charge is 0.379 e. The Hall–Kier alpha value is -0.650. The number of ether oxygens (including phenoxy) is 1. The zero-order valence-corrected chi connectivity index (χ0v) is 11.9. The molecule has 1 aliphatic rings. The maximum atomic E-state index is 12.0. The van der Waals surface area contributed by atoms with Crippen LogP contribution in [0.25, 0.3) is 0 Å². The summed E-state index contributed by atoms with van der Waals surface area (Å²) in [4.78, 5) is 14.3. The summed E-state index contributed by atoms with van der Waals surface area (Å²) in [5.74, 6) is -0.0514. The third-order valence-electron chi connectivity index (χ3n) is 3.52. The fourth-order valence-electron chi connectivity index (χ4n) is 2.22. The number of hydrogen-bond donors (Lipinski definition) is 2. The number of hydrogen-bond acceptors (Lipinski definition) is 4. The molecule has 0 bridgehead atoms. The van der Waals surface area contributed by atoms with Gasteiger partial charge in [-0.15, -0.1) is 0 Å². The number of rotatable bonds is 6. The van der Waals surface area contributed by atoms with Gasteiger partial charge in [0.1, 0.15) is 0 Å². The highest BCUT2D eigenvalue weighted by molar-refractivity contribution is 5.85. The summed E-state index contributed by atoms with van der Waals surface area (Å²) in [5.41, 5.74) is 5.24. The first-order chi connectivity index (χ1) is 8.47. The second-order valence-corrected chi connectivity index (χ2v) is 5.37. The van der Waals surface area contributed by atoms with Crippen LogP contribution in [-0.2, 0) is 9.53 Å². The molecule has 106 valence electrons. The van der Waals surface area contributed by atoms with Crippen LogP contribution in [0, 0.1) is 0 Å². The maximum absolute atomic E-state index is 12.0. The average Bonchev–Trinajstić information content (AvgIpc) is 2.36. The molecule has 5 heteroatoms. The van der Waals surface area contributed by atoms with Crippen LogP contribution in [0.5, 0.6) is 0 Å². The van der Waals surface area contributed by atoms with Gasteiger partial charge in [0.15, 0.2) is 0 Å². The van der Waals surface area contributed by atoms with Crippen LogP contribution in [0.1, 0.15) is 33.6 Å². The maximum Gasteiger partial charge on any atom is 0.239 e. The SMILES string of the molecule is CCCC(C)(N)C(=O)NCC(C)N1CCOCC1. The Morgan fingerprint density at radius 1 is 1.50 bits per heavy atom. The first-order valence-electron chi connectivity index (χ1n) is 6.86. The number of amides is 1. The molecule has 2 unspecified atom stereocenters. The van der Waals surface area contributed by atoms with E-state index >= 15 is 0 Å². The molecular formula is C13H27N3O2. The van der Waals surface area contributed by atoms with E-state index in [2.05, 4.69) is 17.1 Å². The number of carbonyl (C=O) groups excluding carboxylic acids is 1. The Morgan fingerprint density at radius 2 is 2.11 bits per heavy atom. The second kappa shape index (κ2) is 7.07. The van der Waals surface area contributed by atoms with E-state index < -0.39 is 5.54 Å². The first kappa shape index (κ1) is 15.4. The van der Waals surface area contributed by atoms with E-state index in [1.807, 2.05) is 6.92 Å². The Balaban J connectivity index is 2.32. The van der Waals surface area contributed by atoms with Crippen molar-refractivity contribution < 1.29 is 9.53 Å². The van der Waals surface area contributed by atoms with Crippen LogP contribution in [-0.4, -0.2) is 55.2 Å². The van der Waals surface area contributed by atoms with Crippen LogP contribution < -0.4 is 11.1 Å². The molecule has 1 aliphatic heterocycles. The van der Waals surface area contributed by atoms with Crippen molar-refractivity contribution in [3.63, 3.8) is 0 Å². The molecule has 1 fully saturated rings. The van der Waals surface area contributed by atoms with Crippen LogP contribution >= 0.6 is 0 Å². The zero-order chi connectivity index (χ0) is 13.6. The van der Waals surface area contributed by atoms with Gasteiger partial charge in [0.25, 0.3) is 0 Å². The highest BCUT2D eigenvalue weighted by Crippen LogP contribution is 2.09. The number of nitrogens with two attached hydrogens (primary N) is 1. The van der Waals surface area contributed by atoms with E-state index in [9.17, 15) is 4.79 Å². The summed E-state index contributed by atoms with van der Waals surface area (Å²) in [6.07, 6.45) is 1.63. The zero-order valence-electron chi connectivity index (χ0n) is 11.9. The number of morpholine rings is 1. The van der Waals surface area contributed by atoms with Crippen LogP contribution in [0.3, 0.4) is 0 Å². The molecule has 0 aromatic heterocycles. The summed E-state index contributed by atoms with van der Waals surface area (Å²) < 4.78 is 5.31. The van der Waals surface area contributed by atoms with Gasteiger partial charge >= 0.3 is 0 Å². The van der Waals surface area contributed by atoms with Gasteiger partial charge in [0.2, 0.25) is 5.91 Å². The monoisotopic (exact) mass is 257 g/mol. The van der Waals surface area contributed by atoms with Gasteiger partial charge in [-0.2, -0.15) is 0 Å². The molecular weight excluding hydrogens is 230 g/mol. The highest BCUT2D eigenvalue weighted by Gasteiger charge is 2.27. The molecule has 0 aromatic carbocycles. The molecule has 1 amide bonds. The van der Waals surface area contributed by atoms with Gasteiger partial charge in [0.05, 0.1) is 18.8 Å². The summed E-state index contributed by atoms with van der Waals surface area (Å²) in [6.45, 7) is 10.0. The molecule has 0 saturated carbocycles. The molecule has 0 aromatic rings. The molecule has 5 nitrogen and oxygen atoms in total. The molecule has 18 heavy (non-hydrogen) atoms. The third-order valence-corrected chi connectivity index (χ3v) is 3.52. The third kappa shape index (κ3) is 4.55. The Bertz CT molecular complexity index is 263. The van der Waals surface area contributed by atoms with E-state index in [-0.39, 0.29) is 5.91 Å². The van der Waals surface area contributed by atoms with Gasteiger partial charge < -0.3 is 15.8 Å². The van der Waals surface area contributed by atoms with Crippen molar-refractivity contribution in [2.24, 2.45) is 5.73 Å². The van der Waals surface area contributed by atoms with E-state index in [4.69, 9.17) is 10.5 Å². The van der Waals surface area contributed by atoms with Crippen molar-refractivity contribution in [1.29, 1.82) is 0 Å². The normalized spacial score (nSPS) is 22.2. The summed E-state index contributed by atoms with van der Waals surface area (Å²) >= 11 is 0. The minimum absolute atomic E-state index is 0.0514. The quantitative estimate of drug-likeness (QED) is 0.720. The molecule has 3 N–H and O–H groups in total. The van der Waals surface area contributed by atoms with E-state index in [1.54, 1.807) is 6.92 Å². The Labute approximate surface area is 110 Å². The fourth-order valence-corrected chi connectivity index (χ4v) is 2.22. The van der Waals surface area contributed by atoms with Gasteiger partial charge in [-0.1, -0.05) is 13.3 Å². The van der Waals surface area contributed by atoms with Crippen LogP contribution in [0.4, 0.5) is 0 Å². The Kier molecular flexibility index (Phi) is 6.05. The van der Waals surface area contributed by atoms with Crippen molar-refractivity contribution in [3.8, 4) is 0 Å². The lowest BCUT2D eigenvalue weighted by molar-refractivity contribution is -0.126. The molecule has 0 aliphatic carbocycles. The van der Waals surface area contributed by atoms with Crippen LogP contribution in [0.2, 0.25) is 0 Å². The lowest BCUT2D eigenvalue weighted by atomic mass is 9.96. The number of nitrogens with zero attached hydrogens (tertiary/aromatic N) is 1. The van der Waals surface area contributed by atoms with Crippen molar-refractivity contribution in [2.75, 3.05) is 32.8 Å². The van der Waals surface area contributed by atoms with Crippen molar-refractivity contribution in [2.45, 2.75) is 45.2 Å². The summed E-state index contributed by atoms with van der Waals surface area (Å²) in [5, 5.41) is 2.96. The van der Waals surface area contributed by atoms with E-state index in [0.717, 1.165) is 32.7 Å². The van der Waals surface area contributed by atoms with Gasteiger partial charge in [-0.3, -0.25) is 9.69 Å². The minimum atomic E-state index is -0.751. The molecule has 1 saturated heterocycles. The lowest BCUT2D eigenvalue weighted by Crippen LogP contribution is -2.54. The molecule has 1 rings (SSSR count). The van der Waals surface area contributed by atoms with Gasteiger partial charge in [-0.05, 0) is 20.3 Å². The Morgan fingerprint density at radius 3 is 2.67 bits per heavy atom. The van der Waals surface area contributed by atoms with Crippen molar-refractivity contribution in [1.82, 2.24) is 10.2 Å². The lowest BCUT2D eigenvalue weighted by Gasteiger charge is -2.33. The van der Waals surface area contributed by atoms with Crippen LogP contribution in [0.15, 0.2) is 0 Å². The molecule has 2 atom stereocenters. The molecule has 0 spiro atoms. The van der Waals surface area contributed by atoms with Crippen molar-refractivity contribution in [3.05, 3.63) is 0 Å². The fraction of sp³-hybridized carbons (Fsp3) is 0.923. The second-order valence-electron chi connectivity index (χ2n) is 5.37. The first-order valence-corrected chi connectivity index (χ1v) is 6.86. The average molecular weight is 257 g/mol. The standard InChI is InChI=1S/C13H27N3O2/c1-4-5-13(3,14)12(17)15-10-11(2)16-6-8-18-9-7-16/h11H,4-10,14H2,1-3H3,(H,15,17). The minimum Gasteiger partial charge on any atom is -0.379 e. The topological polar surface area (TPSA) is 67.6 Å². The number of carbonyl (C=O) groups is 1. The smallest absolute Gasteiger partial charge is 0.239 e. The van der Waals surface area contributed by atoms with E-state index in [0.29, 0.717) is 19.0 Å². The predicted molar refractivity (Wildman–Crippen MR) is 72.4 cm³/mol. The molecule has 1 heterocycles. The van der Waals surface area contributed by atoms with Gasteiger partial charge in [-0.25, -0.2) is 0 Å². The highest BCUT2D eigenvalue weighted by atomic mass is 16.5. The summed E-state index contributed by atoms with van der Waals surface area (Å²) in [6, 6.07) is 0.329. The summed E-state index contributed by atoms with van der Waals surface area (Å²) in [7, 11) is 0.